The summed E-state index contributed by atoms with van der Waals surface area (Å²) >= 11 is 0. The average molecular weight is 274 g/mol. The number of methoxy groups -OCH3 is 1. The summed E-state index contributed by atoms with van der Waals surface area (Å²) in [5.74, 6) is 0.939. The van der Waals surface area contributed by atoms with Crippen LogP contribution in [0.3, 0.4) is 0 Å². The van der Waals surface area contributed by atoms with E-state index < -0.39 is 0 Å². The summed E-state index contributed by atoms with van der Waals surface area (Å²) in [5, 5.41) is 3.43. The van der Waals surface area contributed by atoms with Crippen LogP contribution in [0.25, 0.3) is 0 Å². The molecule has 2 rings (SSSR count). The molecule has 1 aliphatic rings. The molecule has 3 heteroatoms. The monoisotopic (exact) mass is 274 g/mol. The molecule has 0 amide bonds. The number of nitrogens with zero attached hydrogens (tertiary/aromatic N) is 1. The summed E-state index contributed by atoms with van der Waals surface area (Å²) in [6.45, 7) is 10.5. The van der Waals surface area contributed by atoms with Gasteiger partial charge in [-0.25, -0.2) is 0 Å². The lowest BCUT2D eigenvalue weighted by molar-refractivity contribution is 0.165. The standard InChI is InChI=1S/C17H26N2O/c1-4-5-6-17(19-11-9-18-10-12-19)16-8-7-15(20-3)13-14(16)2/h4,7-8,13,17-18H,1,5-6,9-12H2,2-3H3/t17-/m0/s1. The third kappa shape index (κ3) is 3.62. The van der Waals surface area contributed by atoms with Gasteiger partial charge in [-0.05, 0) is 43.0 Å². The Morgan fingerprint density at radius 1 is 1.40 bits per heavy atom. The zero-order valence-corrected chi connectivity index (χ0v) is 12.7. The van der Waals surface area contributed by atoms with E-state index in [2.05, 4.69) is 41.9 Å². The van der Waals surface area contributed by atoms with Gasteiger partial charge < -0.3 is 10.1 Å². The van der Waals surface area contributed by atoms with Crippen molar-refractivity contribution in [3.05, 3.63) is 42.0 Å². The first-order valence-corrected chi connectivity index (χ1v) is 7.46. The van der Waals surface area contributed by atoms with Crippen LogP contribution in [0.1, 0.15) is 30.0 Å². The Balaban J connectivity index is 2.22. The summed E-state index contributed by atoms with van der Waals surface area (Å²) in [7, 11) is 1.72. The first-order chi connectivity index (χ1) is 9.76. The van der Waals surface area contributed by atoms with Crippen LogP contribution in [0.2, 0.25) is 0 Å². The van der Waals surface area contributed by atoms with E-state index in [1.807, 2.05) is 6.08 Å². The lowest BCUT2D eigenvalue weighted by Gasteiger charge is -2.36. The molecule has 0 saturated carbocycles. The van der Waals surface area contributed by atoms with Crippen molar-refractivity contribution in [2.75, 3.05) is 33.3 Å². The molecule has 1 aliphatic heterocycles. The Kier molecular flexibility index (Phi) is 5.62. The third-order valence-electron chi connectivity index (χ3n) is 4.07. The Bertz CT molecular complexity index is 439. The van der Waals surface area contributed by atoms with Gasteiger partial charge in [-0.2, -0.15) is 0 Å². The molecule has 1 N–H and O–H groups in total. The van der Waals surface area contributed by atoms with Crippen LogP contribution in [0.15, 0.2) is 30.9 Å². The summed E-state index contributed by atoms with van der Waals surface area (Å²) in [5.41, 5.74) is 2.74. The molecule has 0 bridgehead atoms. The van der Waals surface area contributed by atoms with E-state index in [9.17, 15) is 0 Å². The Labute approximate surface area is 122 Å². The quantitative estimate of drug-likeness (QED) is 0.807. The average Bonchev–Trinajstić information content (AvgIpc) is 2.50. The van der Waals surface area contributed by atoms with Crippen LogP contribution in [0.4, 0.5) is 0 Å². The second-order valence-electron chi connectivity index (χ2n) is 5.39. The Morgan fingerprint density at radius 2 is 2.15 bits per heavy atom. The fraction of sp³-hybridized carbons (Fsp3) is 0.529. The maximum absolute atomic E-state index is 5.32. The molecule has 1 aromatic carbocycles. The molecule has 0 unspecified atom stereocenters. The number of nitrogens with one attached hydrogen (secondary N) is 1. The maximum Gasteiger partial charge on any atom is 0.119 e. The highest BCUT2D eigenvalue weighted by atomic mass is 16.5. The van der Waals surface area contributed by atoms with Crippen LogP contribution in [0.5, 0.6) is 5.75 Å². The lowest BCUT2D eigenvalue weighted by atomic mass is 9.95. The van der Waals surface area contributed by atoms with Crippen molar-refractivity contribution >= 4 is 0 Å². The van der Waals surface area contributed by atoms with Crippen molar-refractivity contribution in [3.63, 3.8) is 0 Å². The van der Waals surface area contributed by atoms with Gasteiger partial charge in [-0.15, -0.1) is 6.58 Å². The number of hydrogen-bond donors (Lipinski definition) is 1. The van der Waals surface area contributed by atoms with Gasteiger partial charge in [0, 0.05) is 32.2 Å². The molecule has 0 spiro atoms. The predicted octanol–water partition coefficient (Wildman–Crippen LogP) is 2.92. The summed E-state index contributed by atoms with van der Waals surface area (Å²) in [4.78, 5) is 2.59. The van der Waals surface area contributed by atoms with Crippen LogP contribution < -0.4 is 10.1 Å². The maximum atomic E-state index is 5.32. The van der Waals surface area contributed by atoms with Crippen molar-refractivity contribution in [1.29, 1.82) is 0 Å². The number of piperazine rings is 1. The molecule has 1 fully saturated rings. The minimum atomic E-state index is 0.487. The fourth-order valence-electron chi connectivity index (χ4n) is 2.95. The molecule has 0 aromatic heterocycles. The zero-order chi connectivity index (χ0) is 14.4. The van der Waals surface area contributed by atoms with Crippen molar-refractivity contribution in [1.82, 2.24) is 10.2 Å². The summed E-state index contributed by atoms with van der Waals surface area (Å²) < 4.78 is 5.32. The molecule has 1 atom stereocenters. The van der Waals surface area contributed by atoms with Crippen LogP contribution >= 0.6 is 0 Å². The second-order valence-corrected chi connectivity index (χ2v) is 5.39. The van der Waals surface area contributed by atoms with Crippen LogP contribution in [0, 0.1) is 6.92 Å². The van der Waals surface area contributed by atoms with Gasteiger partial charge in [0.05, 0.1) is 7.11 Å². The highest BCUT2D eigenvalue weighted by Crippen LogP contribution is 2.30. The molecule has 3 nitrogen and oxygen atoms in total. The van der Waals surface area contributed by atoms with Gasteiger partial charge in [0.1, 0.15) is 5.75 Å². The highest BCUT2D eigenvalue weighted by molar-refractivity contribution is 5.36. The number of rotatable bonds is 6. The number of ether oxygens (including phenoxy) is 1. The molecule has 1 heterocycles. The second kappa shape index (κ2) is 7.46. The molecular formula is C17H26N2O. The number of allylic oxidation sites excluding steroid dienone is 1. The van der Waals surface area contributed by atoms with Gasteiger partial charge in [0.2, 0.25) is 0 Å². The third-order valence-corrected chi connectivity index (χ3v) is 4.07. The largest absolute Gasteiger partial charge is 0.497 e. The van der Waals surface area contributed by atoms with E-state index in [4.69, 9.17) is 4.74 Å². The molecule has 1 aromatic rings. The highest BCUT2D eigenvalue weighted by Gasteiger charge is 2.22. The van der Waals surface area contributed by atoms with Crippen molar-refractivity contribution in [2.45, 2.75) is 25.8 Å². The zero-order valence-electron chi connectivity index (χ0n) is 12.7. The van der Waals surface area contributed by atoms with Crippen LogP contribution in [-0.2, 0) is 0 Å². The Morgan fingerprint density at radius 3 is 2.75 bits per heavy atom. The topological polar surface area (TPSA) is 24.5 Å². The number of hydrogen-bond acceptors (Lipinski definition) is 3. The molecule has 0 aliphatic carbocycles. The van der Waals surface area contributed by atoms with Crippen molar-refractivity contribution < 1.29 is 4.74 Å². The predicted molar refractivity (Wildman–Crippen MR) is 84.3 cm³/mol. The van der Waals surface area contributed by atoms with Crippen LogP contribution in [-0.4, -0.2) is 38.2 Å². The minimum absolute atomic E-state index is 0.487. The fourth-order valence-corrected chi connectivity index (χ4v) is 2.95. The molecular weight excluding hydrogens is 248 g/mol. The van der Waals surface area contributed by atoms with Gasteiger partial charge in [0.25, 0.3) is 0 Å². The minimum Gasteiger partial charge on any atom is -0.497 e. The van der Waals surface area contributed by atoms with Gasteiger partial charge >= 0.3 is 0 Å². The van der Waals surface area contributed by atoms with E-state index in [1.54, 1.807) is 7.11 Å². The number of aryl methyl sites for hydroxylation is 1. The van der Waals surface area contributed by atoms with Gasteiger partial charge in [-0.3, -0.25) is 4.90 Å². The van der Waals surface area contributed by atoms with Gasteiger partial charge in [0.15, 0.2) is 0 Å². The van der Waals surface area contributed by atoms with E-state index in [0.29, 0.717) is 6.04 Å². The van der Waals surface area contributed by atoms with Crippen molar-refractivity contribution in [2.24, 2.45) is 0 Å². The SMILES string of the molecule is C=CCC[C@@H](c1ccc(OC)cc1C)N1CCNCC1. The number of benzene rings is 1. The van der Waals surface area contributed by atoms with Gasteiger partial charge in [-0.1, -0.05) is 12.1 Å². The van der Waals surface area contributed by atoms with E-state index in [-0.39, 0.29) is 0 Å². The lowest BCUT2D eigenvalue weighted by Crippen LogP contribution is -2.45. The summed E-state index contributed by atoms with van der Waals surface area (Å²) in [6, 6.07) is 6.93. The van der Waals surface area contributed by atoms with E-state index in [1.165, 1.54) is 11.1 Å². The molecule has 110 valence electrons. The van der Waals surface area contributed by atoms with E-state index in [0.717, 1.165) is 44.8 Å². The Hall–Kier alpha value is -1.32. The molecule has 20 heavy (non-hydrogen) atoms. The van der Waals surface area contributed by atoms with Crippen molar-refractivity contribution in [3.8, 4) is 5.75 Å². The summed E-state index contributed by atoms with van der Waals surface area (Å²) in [6.07, 6.45) is 4.21. The normalized spacial score (nSPS) is 17.7. The molecule has 0 radical (unpaired) electrons. The first kappa shape index (κ1) is 15.1. The smallest absolute Gasteiger partial charge is 0.119 e. The van der Waals surface area contributed by atoms with E-state index >= 15 is 0 Å². The first-order valence-electron chi connectivity index (χ1n) is 7.46. The molecule has 1 saturated heterocycles.